The fourth-order valence-electron chi connectivity index (χ4n) is 3.13. The van der Waals surface area contributed by atoms with Gasteiger partial charge in [-0.2, -0.15) is 5.10 Å². The molecule has 0 unspecified atom stereocenters. The summed E-state index contributed by atoms with van der Waals surface area (Å²) in [5.41, 5.74) is 3.20. The van der Waals surface area contributed by atoms with Gasteiger partial charge in [-0.15, -0.1) is 0 Å². The summed E-state index contributed by atoms with van der Waals surface area (Å²) >= 11 is 1.64. The first-order valence-corrected chi connectivity index (χ1v) is 9.68. The Morgan fingerprint density at radius 2 is 2.12 bits per heavy atom. The van der Waals surface area contributed by atoms with E-state index in [2.05, 4.69) is 20.4 Å². The SMILES string of the molecule is O=C(Nc1ccc2nc(N3CCOCC3)sc2c1)c1cc(C2CC2)[nH]n1. The lowest BCUT2D eigenvalue weighted by molar-refractivity contribution is 0.102. The van der Waals surface area contributed by atoms with Gasteiger partial charge in [0.15, 0.2) is 10.8 Å². The number of rotatable bonds is 4. The lowest BCUT2D eigenvalue weighted by atomic mass is 10.2. The Kier molecular flexibility index (Phi) is 3.86. The van der Waals surface area contributed by atoms with Gasteiger partial charge in [0.25, 0.3) is 5.91 Å². The Hall–Kier alpha value is -2.45. The van der Waals surface area contributed by atoms with Crippen molar-refractivity contribution < 1.29 is 9.53 Å². The van der Waals surface area contributed by atoms with Gasteiger partial charge < -0.3 is 15.0 Å². The summed E-state index contributed by atoms with van der Waals surface area (Å²) < 4.78 is 6.46. The number of nitrogens with zero attached hydrogens (tertiary/aromatic N) is 3. The van der Waals surface area contributed by atoms with E-state index in [0.29, 0.717) is 11.6 Å². The number of ether oxygens (including phenoxy) is 1. The third-order valence-electron chi connectivity index (χ3n) is 4.76. The Bertz CT molecular complexity index is 956. The number of hydrogen-bond donors (Lipinski definition) is 2. The second kappa shape index (κ2) is 6.37. The van der Waals surface area contributed by atoms with E-state index in [1.165, 1.54) is 12.8 Å². The highest BCUT2D eigenvalue weighted by molar-refractivity contribution is 7.22. The number of aromatic nitrogens is 3. The Balaban J connectivity index is 1.34. The number of thiazole rings is 1. The molecule has 2 aromatic heterocycles. The van der Waals surface area contributed by atoms with Gasteiger partial charge in [0.1, 0.15) is 0 Å². The predicted octanol–water partition coefficient (Wildman–Crippen LogP) is 2.99. The van der Waals surface area contributed by atoms with Crippen LogP contribution in [-0.4, -0.2) is 47.4 Å². The highest BCUT2D eigenvalue weighted by atomic mass is 32.1. The Labute approximate surface area is 154 Å². The molecule has 2 aliphatic rings. The minimum Gasteiger partial charge on any atom is -0.378 e. The van der Waals surface area contributed by atoms with E-state index in [0.717, 1.165) is 53.0 Å². The van der Waals surface area contributed by atoms with E-state index in [9.17, 15) is 4.79 Å². The van der Waals surface area contributed by atoms with Gasteiger partial charge in [0.2, 0.25) is 0 Å². The molecule has 3 aromatic rings. The number of benzene rings is 1. The van der Waals surface area contributed by atoms with E-state index >= 15 is 0 Å². The molecule has 7 nitrogen and oxygen atoms in total. The maximum atomic E-state index is 12.4. The van der Waals surface area contributed by atoms with Crippen molar-refractivity contribution >= 4 is 38.3 Å². The van der Waals surface area contributed by atoms with Crippen LogP contribution in [0.4, 0.5) is 10.8 Å². The molecule has 8 heteroatoms. The van der Waals surface area contributed by atoms with Crippen molar-refractivity contribution in [2.75, 3.05) is 36.5 Å². The molecule has 1 aliphatic heterocycles. The van der Waals surface area contributed by atoms with Gasteiger partial charge in [-0.1, -0.05) is 11.3 Å². The quantitative estimate of drug-likeness (QED) is 0.739. The zero-order chi connectivity index (χ0) is 17.5. The Morgan fingerprint density at radius 3 is 2.92 bits per heavy atom. The molecule has 0 atom stereocenters. The number of morpholine rings is 1. The van der Waals surface area contributed by atoms with Crippen molar-refractivity contribution in [1.82, 2.24) is 15.2 Å². The first kappa shape index (κ1) is 15.8. The van der Waals surface area contributed by atoms with Gasteiger partial charge in [0.05, 0.1) is 23.4 Å². The first-order chi connectivity index (χ1) is 12.8. The van der Waals surface area contributed by atoms with Crippen LogP contribution in [0.15, 0.2) is 24.3 Å². The van der Waals surface area contributed by atoms with E-state index in [-0.39, 0.29) is 5.91 Å². The summed E-state index contributed by atoms with van der Waals surface area (Å²) in [6, 6.07) is 7.67. The van der Waals surface area contributed by atoms with Crippen molar-refractivity contribution in [1.29, 1.82) is 0 Å². The monoisotopic (exact) mass is 369 g/mol. The molecule has 1 saturated heterocycles. The molecule has 1 aromatic carbocycles. The summed E-state index contributed by atoms with van der Waals surface area (Å²) in [7, 11) is 0. The third-order valence-corrected chi connectivity index (χ3v) is 5.84. The zero-order valence-electron chi connectivity index (χ0n) is 14.2. The van der Waals surface area contributed by atoms with Gasteiger partial charge in [-0.05, 0) is 37.1 Å². The maximum Gasteiger partial charge on any atom is 0.276 e. The van der Waals surface area contributed by atoms with Crippen LogP contribution in [-0.2, 0) is 4.74 Å². The molecule has 2 N–H and O–H groups in total. The predicted molar refractivity (Wildman–Crippen MR) is 101 cm³/mol. The number of amides is 1. The number of aromatic amines is 1. The first-order valence-electron chi connectivity index (χ1n) is 8.86. The van der Waals surface area contributed by atoms with Gasteiger partial charge in [-0.25, -0.2) is 4.98 Å². The minimum atomic E-state index is -0.189. The highest BCUT2D eigenvalue weighted by Gasteiger charge is 2.26. The van der Waals surface area contributed by atoms with Crippen LogP contribution in [0.1, 0.15) is 34.9 Å². The molecular formula is C18H19N5O2S. The second-order valence-electron chi connectivity index (χ2n) is 6.72. The fraction of sp³-hybridized carbons (Fsp3) is 0.389. The largest absolute Gasteiger partial charge is 0.378 e. The molecule has 3 heterocycles. The molecule has 1 saturated carbocycles. The van der Waals surface area contributed by atoms with E-state index in [4.69, 9.17) is 9.72 Å². The number of anilines is 2. The Morgan fingerprint density at radius 1 is 1.27 bits per heavy atom. The van der Waals surface area contributed by atoms with Crippen LogP contribution in [0.2, 0.25) is 0 Å². The maximum absolute atomic E-state index is 12.4. The standard InChI is InChI=1S/C18H19N5O2S/c24-17(15-10-14(21-22-15)11-1-2-11)19-12-3-4-13-16(9-12)26-18(20-13)23-5-7-25-8-6-23/h3-4,9-11H,1-2,5-8H2,(H,19,24)(H,21,22). The van der Waals surface area contributed by atoms with Crippen LogP contribution in [0, 0.1) is 0 Å². The fourth-order valence-corrected chi connectivity index (χ4v) is 4.19. The van der Waals surface area contributed by atoms with Crippen molar-refractivity contribution in [2.45, 2.75) is 18.8 Å². The van der Waals surface area contributed by atoms with Crippen molar-refractivity contribution in [3.05, 3.63) is 35.7 Å². The van der Waals surface area contributed by atoms with E-state index in [1.54, 1.807) is 11.3 Å². The normalized spacial score (nSPS) is 17.6. The molecule has 5 rings (SSSR count). The van der Waals surface area contributed by atoms with Crippen LogP contribution in [0.3, 0.4) is 0 Å². The van der Waals surface area contributed by atoms with E-state index in [1.807, 2.05) is 24.3 Å². The average molecular weight is 369 g/mol. The number of H-pyrrole nitrogens is 1. The van der Waals surface area contributed by atoms with Gasteiger partial charge in [-0.3, -0.25) is 9.89 Å². The van der Waals surface area contributed by atoms with Crippen molar-refractivity contribution in [3.63, 3.8) is 0 Å². The molecule has 1 aliphatic carbocycles. The second-order valence-corrected chi connectivity index (χ2v) is 7.72. The van der Waals surface area contributed by atoms with Crippen molar-refractivity contribution in [2.24, 2.45) is 0 Å². The average Bonchev–Trinajstić information content (AvgIpc) is 3.24. The number of fused-ring (bicyclic) bond motifs is 1. The smallest absolute Gasteiger partial charge is 0.276 e. The highest BCUT2D eigenvalue weighted by Crippen LogP contribution is 2.39. The topological polar surface area (TPSA) is 83.1 Å². The molecule has 1 amide bonds. The molecule has 134 valence electrons. The number of hydrogen-bond acceptors (Lipinski definition) is 6. The minimum absolute atomic E-state index is 0.189. The summed E-state index contributed by atoms with van der Waals surface area (Å²) in [6.45, 7) is 3.21. The zero-order valence-corrected chi connectivity index (χ0v) is 15.0. The number of carbonyl (C=O) groups excluding carboxylic acids is 1. The van der Waals surface area contributed by atoms with Crippen LogP contribution < -0.4 is 10.2 Å². The molecular weight excluding hydrogens is 350 g/mol. The van der Waals surface area contributed by atoms with E-state index < -0.39 is 0 Å². The number of nitrogens with one attached hydrogen (secondary N) is 2. The molecule has 2 fully saturated rings. The van der Waals surface area contributed by atoms with Crippen LogP contribution in [0.25, 0.3) is 10.2 Å². The lowest BCUT2D eigenvalue weighted by Crippen LogP contribution is -2.36. The summed E-state index contributed by atoms with van der Waals surface area (Å²) in [5, 5.41) is 11.0. The molecule has 0 bridgehead atoms. The molecule has 26 heavy (non-hydrogen) atoms. The summed E-state index contributed by atoms with van der Waals surface area (Å²) in [5.74, 6) is 0.363. The van der Waals surface area contributed by atoms with Crippen molar-refractivity contribution in [3.8, 4) is 0 Å². The van der Waals surface area contributed by atoms with Crippen LogP contribution in [0.5, 0.6) is 0 Å². The third kappa shape index (κ3) is 3.06. The van der Waals surface area contributed by atoms with Gasteiger partial charge >= 0.3 is 0 Å². The van der Waals surface area contributed by atoms with Crippen LogP contribution >= 0.6 is 11.3 Å². The van der Waals surface area contributed by atoms with Gasteiger partial charge in [0, 0.05) is 30.4 Å². The molecule has 0 radical (unpaired) electrons. The summed E-state index contributed by atoms with van der Waals surface area (Å²) in [4.78, 5) is 19.4. The number of carbonyl (C=O) groups is 1. The summed E-state index contributed by atoms with van der Waals surface area (Å²) in [6.07, 6.45) is 2.35. The lowest BCUT2D eigenvalue weighted by Gasteiger charge is -2.25. The molecule has 0 spiro atoms.